The average molecular weight is 215 g/mol. The third-order valence-corrected chi connectivity index (χ3v) is 2.28. The van der Waals surface area contributed by atoms with E-state index >= 15 is 0 Å². The monoisotopic (exact) mass is 215 g/mol. The van der Waals surface area contributed by atoms with Crippen LogP contribution in [-0.4, -0.2) is 22.3 Å². The Morgan fingerprint density at radius 3 is 2.88 bits per heavy atom. The molecule has 0 saturated carbocycles. The van der Waals surface area contributed by atoms with Gasteiger partial charge in [-0.25, -0.2) is 4.79 Å². The topological polar surface area (TPSA) is 70.2 Å². The van der Waals surface area contributed by atoms with E-state index < -0.39 is 5.97 Å². The van der Waals surface area contributed by atoms with Crippen molar-refractivity contribution in [3.63, 3.8) is 0 Å². The van der Waals surface area contributed by atoms with E-state index in [1.165, 1.54) is 6.08 Å². The molecule has 1 aromatic heterocycles. The molecule has 1 aromatic carbocycles. The Morgan fingerprint density at radius 2 is 2.19 bits per heavy atom. The molecule has 2 rings (SSSR count). The molecule has 4 heteroatoms. The minimum Gasteiger partial charge on any atom is -0.478 e. The van der Waals surface area contributed by atoms with Gasteiger partial charge in [-0.05, 0) is 17.7 Å². The van der Waals surface area contributed by atoms with Gasteiger partial charge in [0.2, 0.25) is 0 Å². The van der Waals surface area contributed by atoms with E-state index in [0.29, 0.717) is 5.56 Å². The maximum atomic E-state index is 10.7. The Balaban J connectivity index is 2.45. The minimum absolute atomic E-state index is 0.601. The summed E-state index contributed by atoms with van der Waals surface area (Å²) in [6, 6.07) is 5.35. The number of carbonyl (C=O) groups is 2. The normalized spacial score (nSPS) is 11.0. The van der Waals surface area contributed by atoms with E-state index in [0.717, 1.165) is 28.8 Å². The summed E-state index contributed by atoms with van der Waals surface area (Å²) in [5.74, 6) is -0.986. The van der Waals surface area contributed by atoms with Crippen LogP contribution < -0.4 is 0 Å². The number of carboxylic acids is 1. The number of aldehydes is 1. The van der Waals surface area contributed by atoms with Gasteiger partial charge in [0.05, 0.1) is 0 Å². The Bertz CT molecular complexity index is 581. The molecule has 2 N–H and O–H groups in total. The number of nitrogens with one attached hydrogen (secondary N) is 1. The predicted molar refractivity (Wildman–Crippen MR) is 60.4 cm³/mol. The van der Waals surface area contributed by atoms with E-state index in [1.54, 1.807) is 24.4 Å². The molecule has 0 saturated heterocycles. The van der Waals surface area contributed by atoms with Gasteiger partial charge < -0.3 is 10.1 Å². The van der Waals surface area contributed by atoms with Gasteiger partial charge in [-0.15, -0.1) is 0 Å². The van der Waals surface area contributed by atoms with Crippen LogP contribution in [0, 0.1) is 0 Å². The average Bonchev–Trinajstić information content (AvgIpc) is 2.68. The van der Waals surface area contributed by atoms with Gasteiger partial charge in [0.25, 0.3) is 0 Å². The summed E-state index contributed by atoms with van der Waals surface area (Å²) in [6.07, 6.45) is 4.99. The van der Waals surface area contributed by atoms with Crippen LogP contribution in [0.15, 0.2) is 30.5 Å². The van der Waals surface area contributed by atoms with Gasteiger partial charge >= 0.3 is 5.97 Å². The van der Waals surface area contributed by atoms with Gasteiger partial charge in [-0.1, -0.05) is 12.1 Å². The van der Waals surface area contributed by atoms with Crippen LogP contribution in [0.3, 0.4) is 0 Å². The molecule has 0 atom stereocenters. The Kier molecular flexibility index (Phi) is 2.55. The molecular formula is C12H9NO3. The number of carboxylic acid groups (broad SMARTS) is 1. The number of aliphatic carboxylic acids is 1. The Morgan fingerprint density at radius 1 is 1.38 bits per heavy atom. The highest BCUT2D eigenvalue weighted by molar-refractivity contribution is 5.98. The number of hydrogen-bond donors (Lipinski definition) is 2. The molecule has 0 aliphatic carbocycles. The zero-order valence-corrected chi connectivity index (χ0v) is 8.31. The van der Waals surface area contributed by atoms with Crippen LogP contribution in [-0.2, 0) is 4.79 Å². The molecule has 0 bridgehead atoms. The van der Waals surface area contributed by atoms with Crippen molar-refractivity contribution >= 4 is 29.2 Å². The SMILES string of the molecule is O=Cc1c[nH]c2cc(C=CC(=O)O)ccc12. The highest BCUT2D eigenvalue weighted by Gasteiger charge is 2.02. The number of benzene rings is 1. The first kappa shape index (κ1) is 10.2. The van der Waals surface area contributed by atoms with E-state index in [4.69, 9.17) is 5.11 Å². The minimum atomic E-state index is -0.986. The second kappa shape index (κ2) is 4.02. The van der Waals surface area contributed by atoms with Crippen molar-refractivity contribution in [2.24, 2.45) is 0 Å². The third-order valence-electron chi connectivity index (χ3n) is 2.28. The molecule has 0 spiro atoms. The smallest absolute Gasteiger partial charge is 0.328 e. The van der Waals surface area contributed by atoms with E-state index in [1.807, 2.05) is 0 Å². The van der Waals surface area contributed by atoms with Gasteiger partial charge in [-0.2, -0.15) is 0 Å². The first-order valence-electron chi connectivity index (χ1n) is 4.68. The molecule has 0 fully saturated rings. The van der Waals surface area contributed by atoms with E-state index in [2.05, 4.69) is 4.98 Å². The van der Waals surface area contributed by atoms with Crippen molar-refractivity contribution in [3.8, 4) is 0 Å². The molecule has 0 radical (unpaired) electrons. The fourth-order valence-electron chi connectivity index (χ4n) is 1.53. The molecule has 0 amide bonds. The summed E-state index contributed by atoms with van der Waals surface area (Å²) in [4.78, 5) is 24.0. The fourth-order valence-corrected chi connectivity index (χ4v) is 1.53. The lowest BCUT2D eigenvalue weighted by Crippen LogP contribution is -1.85. The van der Waals surface area contributed by atoms with Gasteiger partial charge in [0.15, 0.2) is 6.29 Å². The number of aromatic nitrogens is 1. The molecule has 0 aliphatic rings. The number of fused-ring (bicyclic) bond motifs is 1. The highest BCUT2D eigenvalue weighted by atomic mass is 16.4. The lowest BCUT2D eigenvalue weighted by Gasteiger charge is -1.94. The second-order valence-corrected chi connectivity index (χ2v) is 3.34. The summed E-state index contributed by atoms with van der Waals surface area (Å²) >= 11 is 0. The van der Waals surface area contributed by atoms with E-state index in [9.17, 15) is 9.59 Å². The summed E-state index contributed by atoms with van der Waals surface area (Å²) < 4.78 is 0. The standard InChI is InChI=1S/C12H9NO3/c14-7-9-6-13-11-5-8(1-3-10(9)11)2-4-12(15)16/h1-7,13H,(H,15,16). The van der Waals surface area contributed by atoms with Crippen LogP contribution >= 0.6 is 0 Å². The van der Waals surface area contributed by atoms with Crippen LogP contribution in [0.2, 0.25) is 0 Å². The summed E-state index contributed by atoms with van der Waals surface area (Å²) in [5, 5.41) is 9.32. The molecule has 2 aromatic rings. The van der Waals surface area contributed by atoms with Crippen molar-refractivity contribution in [3.05, 3.63) is 41.6 Å². The quantitative estimate of drug-likeness (QED) is 0.608. The highest BCUT2D eigenvalue weighted by Crippen LogP contribution is 2.18. The van der Waals surface area contributed by atoms with Crippen molar-refractivity contribution in [1.29, 1.82) is 0 Å². The number of carbonyl (C=O) groups excluding carboxylic acids is 1. The number of hydrogen-bond acceptors (Lipinski definition) is 2. The summed E-state index contributed by atoms with van der Waals surface area (Å²) in [7, 11) is 0. The van der Waals surface area contributed by atoms with E-state index in [-0.39, 0.29) is 0 Å². The predicted octanol–water partition coefficient (Wildman–Crippen LogP) is 2.08. The number of H-pyrrole nitrogens is 1. The van der Waals surface area contributed by atoms with Crippen LogP contribution in [0.25, 0.3) is 17.0 Å². The van der Waals surface area contributed by atoms with Gasteiger partial charge in [0, 0.05) is 28.7 Å². The summed E-state index contributed by atoms with van der Waals surface area (Å²) in [5.41, 5.74) is 2.19. The lowest BCUT2D eigenvalue weighted by molar-refractivity contribution is -0.131. The maximum absolute atomic E-state index is 10.7. The zero-order chi connectivity index (χ0) is 11.5. The molecule has 80 valence electrons. The maximum Gasteiger partial charge on any atom is 0.328 e. The largest absolute Gasteiger partial charge is 0.478 e. The van der Waals surface area contributed by atoms with Crippen LogP contribution in [0.1, 0.15) is 15.9 Å². The molecule has 4 nitrogen and oxygen atoms in total. The molecule has 0 aliphatic heterocycles. The van der Waals surface area contributed by atoms with Crippen LogP contribution in [0.4, 0.5) is 0 Å². The first-order valence-corrected chi connectivity index (χ1v) is 4.68. The molecule has 16 heavy (non-hydrogen) atoms. The van der Waals surface area contributed by atoms with Crippen molar-refractivity contribution in [1.82, 2.24) is 4.98 Å². The fraction of sp³-hybridized carbons (Fsp3) is 0. The first-order chi connectivity index (χ1) is 7.70. The van der Waals surface area contributed by atoms with Crippen molar-refractivity contribution in [2.75, 3.05) is 0 Å². The van der Waals surface area contributed by atoms with Crippen molar-refractivity contribution < 1.29 is 14.7 Å². The Hall–Kier alpha value is -2.36. The Labute approximate surface area is 91.2 Å². The van der Waals surface area contributed by atoms with Crippen molar-refractivity contribution in [2.45, 2.75) is 0 Å². The molecule has 0 unspecified atom stereocenters. The van der Waals surface area contributed by atoms with Crippen LogP contribution in [0.5, 0.6) is 0 Å². The lowest BCUT2D eigenvalue weighted by atomic mass is 10.1. The third kappa shape index (κ3) is 1.86. The number of aromatic amines is 1. The second-order valence-electron chi connectivity index (χ2n) is 3.34. The summed E-state index contributed by atoms with van der Waals surface area (Å²) in [6.45, 7) is 0. The molecule has 1 heterocycles. The molecular weight excluding hydrogens is 206 g/mol. The zero-order valence-electron chi connectivity index (χ0n) is 8.31. The van der Waals surface area contributed by atoms with Gasteiger partial charge in [0.1, 0.15) is 0 Å². The van der Waals surface area contributed by atoms with Gasteiger partial charge in [-0.3, -0.25) is 4.79 Å². The number of rotatable bonds is 3.